The summed E-state index contributed by atoms with van der Waals surface area (Å²) in [4.78, 5) is 26.5. The molecule has 0 fully saturated rings. The first kappa shape index (κ1) is 32.2. The van der Waals surface area contributed by atoms with Crippen LogP contribution in [0.25, 0.3) is 21.0 Å². The van der Waals surface area contributed by atoms with E-state index >= 15 is 0 Å². The highest BCUT2D eigenvalue weighted by Crippen LogP contribution is 2.40. The van der Waals surface area contributed by atoms with Crippen LogP contribution in [0.15, 0.2) is 59.4 Å². The Morgan fingerprint density at radius 2 is 1.73 bits per heavy atom. The standard InChI is InChI=1S/C31H26F5N3O4S/c1-5-42-25-9-7-17(12-23(25)38-29(41)43-30(2,3)4)26-10-11-27(44-26)24-14-21(31(34,35)36)20(15-37)28(40)39(24)16-18-6-8-19(32)13-22(18)33/h6-14H,5,16H2,1-4H3,(H,38,41). The number of carbonyl (C=O) groups excluding carboxylic acids is 1. The lowest BCUT2D eigenvalue weighted by Crippen LogP contribution is -2.28. The number of thiophene rings is 1. The molecular weight excluding hydrogens is 605 g/mol. The summed E-state index contributed by atoms with van der Waals surface area (Å²) in [7, 11) is 0. The first-order valence-corrected chi connectivity index (χ1v) is 14.0. The van der Waals surface area contributed by atoms with Crippen molar-refractivity contribution in [2.75, 3.05) is 11.9 Å². The summed E-state index contributed by atoms with van der Waals surface area (Å²) in [5.74, 6) is -1.52. The molecule has 0 unspecified atom stereocenters. The number of hydrogen-bond acceptors (Lipinski definition) is 6. The second kappa shape index (κ2) is 12.5. The van der Waals surface area contributed by atoms with Crippen LogP contribution in [0.4, 0.5) is 32.4 Å². The van der Waals surface area contributed by atoms with Crippen molar-refractivity contribution in [2.45, 2.75) is 46.0 Å². The highest BCUT2D eigenvalue weighted by molar-refractivity contribution is 7.18. The number of alkyl halides is 3. The molecule has 0 aliphatic rings. The van der Waals surface area contributed by atoms with Crippen molar-refractivity contribution in [3.63, 3.8) is 0 Å². The molecule has 0 bridgehead atoms. The fraction of sp³-hybridized carbons (Fsp3) is 0.258. The number of halogens is 5. The van der Waals surface area contributed by atoms with E-state index in [9.17, 15) is 36.8 Å². The predicted molar refractivity (Wildman–Crippen MR) is 156 cm³/mol. The van der Waals surface area contributed by atoms with Gasteiger partial charge in [-0.25, -0.2) is 13.6 Å². The van der Waals surface area contributed by atoms with Crippen LogP contribution in [0.2, 0.25) is 0 Å². The first-order chi connectivity index (χ1) is 20.6. The van der Waals surface area contributed by atoms with E-state index in [4.69, 9.17) is 9.47 Å². The number of rotatable bonds is 7. The van der Waals surface area contributed by atoms with Crippen LogP contribution in [0.3, 0.4) is 0 Å². The quantitative estimate of drug-likeness (QED) is 0.208. The van der Waals surface area contributed by atoms with Gasteiger partial charge in [0.1, 0.15) is 34.6 Å². The molecule has 44 heavy (non-hydrogen) atoms. The smallest absolute Gasteiger partial charge is 0.417 e. The van der Waals surface area contributed by atoms with E-state index in [0.717, 1.165) is 28.0 Å². The van der Waals surface area contributed by atoms with Gasteiger partial charge in [-0.05, 0) is 75.7 Å². The normalized spacial score (nSPS) is 11.6. The van der Waals surface area contributed by atoms with Crippen molar-refractivity contribution < 1.29 is 36.2 Å². The molecule has 0 aliphatic carbocycles. The van der Waals surface area contributed by atoms with Gasteiger partial charge in [-0.3, -0.25) is 10.1 Å². The second-order valence-corrected chi connectivity index (χ2v) is 11.6. The van der Waals surface area contributed by atoms with E-state index in [1.807, 2.05) is 0 Å². The van der Waals surface area contributed by atoms with Gasteiger partial charge in [-0.2, -0.15) is 18.4 Å². The molecule has 4 rings (SSSR count). The van der Waals surface area contributed by atoms with Gasteiger partial charge in [-0.1, -0.05) is 6.07 Å². The number of nitrogens with one attached hydrogen (secondary N) is 1. The van der Waals surface area contributed by atoms with E-state index < -0.39 is 52.7 Å². The number of pyridine rings is 1. The number of nitriles is 1. The maximum atomic E-state index is 14.5. The first-order valence-electron chi connectivity index (χ1n) is 13.2. The summed E-state index contributed by atoms with van der Waals surface area (Å²) in [5.41, 5.74) is -4.17. The molecule has 1 N–H and O–H groups in total. The van der Waals surface area contributed by atoms with Crippen molar-refractivity contribution >= 4 is 23.1 Å². The van der Waals surface area contributed by atoms with Crippen molar-refractivity contribution in [1.29, 1.82) is 5.26 Å². The zero-order chi connectivity index (χ0) is 32.4. The van der Waals surface area contributed by atoms with Crippen LogP contribution in [0, 0.1) is 23.0 Å². The molecule has 0 aliphatic heterocycles. The van der Waals surface area contributed by atoms with Gasteiger partial charge < -0.3 is 14.0 Å². The topological polar surface area (TPSA) is 93.4 Å². The Morgan fingerprint density at radius 1 is 1.02 bits per heavy atom. The Kier molecular flexibility index (Phi) is 9.15. The summed E-state index contributed by atoms with van der Waals surface area (Å²) in [6, 6.07) is 12.6. The third-order valence-electron chi connectivity index (χ3n) is 6.12. The molecule has 0 spiro atoms. The minimum absolute atomic E-state index is 0.167. The Morgan fingerprint density at radius 3 is 2.34 bits per heavy atom. The predicted octanol–water partition coefficient (Wildman–Crippen LogP) is 8.21. The molecule has 230 valence electrons. The van der Waals surface area contributed by atoms with Crippen LogP contribution < -0.4 is 15.6 Å². The Labute approximate surface area is 253 Å². The summed E-state index contributed by atoms with van der Waals surface area (Å²) in [6.45, 7) is 6.62. The summed E-state index contributed by atoms with van der Waals surface area (Å²) in [6.07, 6.45) is -5.76. The van der Waals surface area contributed by atoms with E-state index in [2.05, 4.69) is 5.32 Å². The lowest BCUT2D eigenvalue weighted by atomic mass is 10.1. The maximum Gasteiger partial charge on any atom is 0.417 e. The monoisotopic (exact) mass is 631 g/mol. The van der Waals surface area contributed by atoms with E-state index in [1.165, 1.54) is 12.1 Å². The molecular formula is C31H26F5N3O4S. The zero-order valence-corrected chi connectivity index (χ0v) is 24.8. The summed E-state index contributed by atoms with van der Waals surface area (Å²) >= 11 is 1.02. The van der Waals surface area contributed by atoms with E-state index in [-0.39, 0.29) is 21.8 Å². The zero-order valence-electron chi connectivity index (χ0n) is 23.9. The lowest BCUT2D eigenvalue weighted by molar-refractivity contribution is -0.137. The van der Waals surface area contributed by atoms with E-state index in [0.29, 0.717) is 34.9 Å². The largest absolute Gasteiger partial charge is 0.492 e. The fourth-order valence-corrected chi connectivity index (χ4v) is 5.29. The van der Waals surface area contributed by atoms with Gasteiger partial charge >= 0.3 is 12.3 Å². The van der Waals surface area contributed by atoms with Gasteiger partial charge in [0.05, 0.1) is 35.0 Å². The van der Waals surface area contributed by atoms with Crippen molar-refractivity contribution in [3.8, 4) is 32.8 Å². The van der Waals surface area contributed by atoms with E-state index in [1.54, 1.807) is 52.0 Å². The van der Waals surface area contributed by atoms with Crippen LogP contribution in [-0.2, 0) is 17.5 Å². The van der Waals surface area contributed by atoms with Crippen LogP contribution in [0.5, 0.6) is 5.75 Å². The van der Waals surface area contributed by atoms with Crippen molar-refractivity contribution in [2.24, 2.45) is 0 Å². The molecule has 13 heteroatoms. The van der Waals surface area contributed by atoms with Crippen molar-refractivity contribution in [3.05, 3.63) is 93.3 Å². The second-order valence-electron chi connectivity index (χ2n) is 10.5. The molecule has 2 aromatic heterocycles. The molecule has 0 radical (unpaired) electrons. The van der Waals surface area contributed by atoms with Gasteiger partial charge in [-0.15, -0.1) is 11.3 Å². The Hall–Kier alpha value is -4.70. The number of amides is 1. The average Bonchev–Trinajstić information content (AvgIpc) is 3.40. The molecule has 0 atom stereocenters. The van der Waals surface area contributed by atoms with Gasteiger partial charge in [0.15, 0.2) is 0 Å². The molecule has 2 aromatic carbocycles. The highest BCUT2D eigenvalue weighted by atomic mass is 32.1. The van der Waals surface area contributed by atoms with Gasteiger partial charge in [0, 0.05) is 16.5 Å². The fourth-order valence-electron chi connectivity index (χ4n) is 4.27. The number of nitrogens with zero attached hydrogens (tertiary/aromatic N) is 2. The van der Waals surface area contributed by atoms with Crippen LogP contribution in [0.1, 0.15) is 44.4 Å². The number of anilines is 1. The third kappa shape index (κ3) is 7.26. The molecule has 1 amide bonds. The van der Waals surface area contributed by atoms with Gasteiger partial charge in [0.2, 0.25) is 0 Å². The molecule has 0 saturated heterocycles. The Bertz CT molecular complexity index is 1820. The molecule has 0 saturated carbocycles. The number of hydrogen-bond donors (Lipinski definition) is 1. The maximum absolute atomic E-state index is 14.5. The minimum Gasteiger partial charge on any atom is -0.492 e. The third-order valence-corrected chi connectivity index (χ3v) is 7.28. The number of carbonyl (C=O) groups is 1. The average molecular weight is 632 g/mol. The summed E-state index contributed by atoms with van der Waals surface area (Å²) < 4.78 is 81.7. The summed E-state index contributed by atoms with van der Waals surface area (Å²) in [5, 5.41) is 12.1. The van der Waals surface area contributed by atoms with Crippen LogP contribution in [-0.4, -0.2) is 22.9 Å². The Balaban J connectivity index is 1.83. The highest BCUT2D eigenvalue weighted by Gasteiger charge is 2.37. The molecule has 2 heterocycles. The van der Waals surface area contributed by atoms with Crippen LogP contribution >= 0.6 is 11.3 Å². The lowest BCUT2D eigenvalue weighted by Gasteiger charge is -2.20. The molecule has 7 nitrogen and oxygen atoms in total. The van der Waals surface area contributed by atoms with Gasteiger partial charge in [0.25, 0.3) is 5.56 Å². The minimum atomic E-state index is -5.03. The number of benzene rings is 2. The number of ether oxygens (including phenoxy) is 2. The number of aromatic nitrogens is 1. The SMILES string of the molecule is CCOc1ccc(-c2ccc(-c3cc(C(F)(F)F)c(C#N)c(=O)n3Cc3ccc(F)cc3F)s2)cc1NC(=O)OC(C)(C)C. The molecule has 4 aromatic rings. The van der Waals surface area contributed by atoms with Crippen molar-refractivity contribution in [1.82, 2.24) is 4.57 Å².